The molecule has 2 amide bonds. The number of methoxy groups -OCH3 is 2. The lowest BCUT2D eigenvalue weighted by atomic mass is 9.99. The molecule has 0 radical (unpaired) electrons. The monoisotopic (exact) mass is 490 g/mol. The van der Waals surface area contributed by atoms with Crippen molar-refractivity contribution in [3.63, 3.8) is 0 Å². The smallest absolute Gasteiger partial charge is 0.266 e. The van der Waals surface area contributed by atoms with Crippen LogP contribution < -0.4 is 9.47 Å². The van der Waals surface area contributed by atoms with E-state index in [1.165, 1.54) is 18.2 Å². The van der Waals surface area contributed by atoms with Gasteiger partial charge in [-0.25, -0.2) is 0 Å². The summed E-state index contributed by atoms with van der Waals surface area (Å²) in [5.74, 6) is 1.48. The summed E-state index contributed by atoms with van der Waals surface area (Å²) in [6.07, 6.45) is 9.53. The lowest BCUT2D eigenvalue weighted by Gasteiger charge is -2.35. The van der Waals surface area contributed by atoms with Crippen molar-refractivity contribution in [2.45, 2.75) is 64.3 Å². The number of unbranched alkanes of at least 4 members (excludes halogenated alkanes) is 2. The third-order valence-electron chi connectivity index (χ3n) is 6.27. The van der Waals surface area contributed by atoms with Crippen molar-refractivity contribution in [1.82, 2.24) is 9.80 Å². The predicted molar refractivity (Wildman–Crippen MR) is 138 cm³/mol. The number of likely N-dealkylation sites (tertiary alicyclic amines) is 1. The van der Waals surface area contributed by atoms with Crippen molar-refractivity contribution >= 4 is 46.2 Å². The molecule has 1 aromatic rings. The molecule has 2 saturated heterocycles. The lowest BCUT2D eigenvalue weighted by Crippen LogP contribution is -2.43. The van der Waals surface area contributed by atoms with Crippen LogP contribution in [-0.4, -0.2) is 59.3 Å². The Morgan fingerprint density at radius 1 is 1.18 bits per heavy atom. The van der Waals surface area contributed by atoms with Crippen LogP contribution in [0.3, 0.4) is 0 Å². The summed E-state index contributed by atoms with van der Waals surface area (Å²) >= 11 is 6.78. The summed E-state index contributed by atoms with van der Waals surface area (Å²) in [6, 6.07) is 5.96. The van der Waals surface area contributed by atoms with Gasteiger partial charge in [0.25, 0.3) is 5.91 Å². The van der Waals surface area contributed by atoms with E-state index in [4.69, 9.17) is 21.7 Å². The molecule has 0 saturated carbocycles. The van der Waals surface area contributed by atoms with E-state index in [2.05, 4.69) is 11.8 Å². The minimum Gasteiger partial charge on any atom is -0.493 e. The van der Waals surface area contributed by atoms with Crippen molar-refractivity contribution in [3.8, 4) is 11.5 Å². The van der Waals surface area contributed by atoms with Gasteiger partial charge in [0.1, 0.15) is 4.32 Å². The van der Waals surface area contributed by atoms with Gasteiger partial charge < -0.3 is 14.4 Å². The zero-order chi connectivity index (χ0) is 23.8. The largest absolute Gasteiger partial charge is 0.493 e. The summed E-state index contributed by atoms with van der Waals surface area (Å²) in [4.78, 5) is 29.9. The third kappa shape index (κ3) is 6.51. The van der Waals surface area contributed by atoms with E-state index in [0.717, 1.165) is 50.6 Å². The molecule has 8 heteroatoms. The Morgan fingerprint density at radius 3 is 2.70 bits per heavy atom. The molecule has 180 valence electrons. The van der Waals surface area contributed by atoms with Gasteiger partial charge in [-0.1, -0.05) is 43.4 Å². The average molecular weight is 491 g/mol. The molecule has 2 fully saturated rings. The van der Waals surface area contributed by atoms with Gasteiger partial charge in [0.05, 0.1) is 19.1 Å². The minimum absolute atomic E-state index is 0.0602. The first kappa shape index (κ1) is 25.6. The van der Waals surface area contributed by atoms with Crippen LogP contribution in [-0.2, 0) is 9.59 Å². The molecule has 0 aliphatic carbocycles. The molecular weight excluding hydrogens is 456 g/mol. The van der Waals surface area contributed by atoms with Crippen LogP contribution in [0, 0.1) is 0 Å². The Bertz CT molecular complexity index is 902. The van der Waals surface area contributed by atoms with E-state index in [-0.39, 0.29) is 11.8 Å². The molecule has 0 N–H and O–H groups in total. The first-order chi connectivity index (χ1) is 16.0. The highest BCUT2D eigenvalue weighted by Gasteiger charge is 2.31. The fourth-order valence-corrected chi connectivity index (χ4v) is 5.72. The normalized spacial score (nSPS) is 20.0. The van der Waals surface area contributed by atoms with E-state index in [0.29, 0.717) is 39.7 Å². The second-order valence-corrected chi connectivity index (χ2v) is 10.1. The van der Waals surface area contributed by atoms with Crippen molar-refractivity contribution < 1.29 is 19.1 Å². The maximum Gasteiger partial charge on any atom is 0.266 e. The summed E-state index contributed by atoms with van der Waals surface area (Å²) in [5.41, 5.74) is 0.856. The third-order valence-corrected chi connectivity index (χ3v) is 7.65. The molecule has 0 unspecified atom stereocenters. The van der Waals surface area contributed by atoms with Crippen molar-refractivity contribution in [2.75, 3.05) is 27.3 Å². The number of carbonyl (C=O) groups is 2. The fourth-order valence-electron chi connectivity index (χ4n) is 4.41. The maximum absolute atomic E-state index is 12.9. The number of piperidine rings is 1. The number of rotatable bonds is 10. The van der Waals surface area contributed by atoms with Crippen LogP contribution in [0.5, 0.6) is 11.5 Å². The molecular formula is C25H34N2O4S2. The van der Waals surface area contributed by atoms with E-state index in [1.54, 1.807) is 19.1 Å². The number of thioether (sulfide) groups is 1. The number of nitrogens with zero attached hydrogens (tertiary/aromatic N) is 2. The number of carbonyl (C=O) groups excluding carboxylic acids is 2. The molecule has 33 heavy (non-hydrogen) atoms. The Morgan fingerprint density at radius 2 is 1.97 bits per heavy atom. The zero-order valence-corrected chi connectivity index (χ0v) is 21.4. The van der Waals surface area contributed by atoms with Gasteiger partial charge in [-0.2, -0.15) is 0 Å². The molecule has 6 nitrogen and oxygen atoms in total. The standard InChI is InChI=1S/C25H34N2O4S2/c1-4-19-10-7-9-14-26(19)23(28)11-6-5-8-15-27-24(29)22(33-25(27)32)17-18-12-13-20(30-2)21(16-18)31-3/h12-13,16-17,19H,4-11,14-15H2,1-3H3/b22-17-/t19-/m0/s1. The Hall–Kier alpha value is -2.06. The van der Waals surface area contributed by atoms with Crippen molar-refractivity contribution in [3.05, 3.63) is 28.7 Å². The van der Waals surface area contributed by atoms with E-state index in [9.17, 15) is 9.59 Å². The first-order valence-electron chi connectivity index (χ1n) is 11.7. The van der Waals surface area contributed by atoms with Gasteiger partial charge in [0.2, 0.25) is 5.91 Å². The quantitative estimate of drug-likeness (QED) is 0.253. The maximum atomic E-state index is 12.9. The molecule has 0 bridgehead atoms. The summed E-state index contributed by atoms with van der Waals surface area (Å²) in [7, 11) is 3.18. The molecule has 2 heterocycles. The molecule has 1 aromatic carbocycles. The minimum atomic E-state index is -0.0602. The number of ether oxygens (including phenoxy) is 2. The highest BCUT2D eigenvalue weighted by Crippen LogP contribution is 2.35. The van der Waals surface area contributed by atoms with Crippen LogP contribution in [0.2, 0.25) is 0 Å². The molecule has 2 aliphatic heterocycles. The summed E-state index contributed by atoms with van der Waals surface area (Å²) in [5, 5.41) is 0. The summed E-state index contributed by atoms with van der Waals surface area (Å²) in [6.45, 7) is 3.65. The Balaban J connectivity index is 1.47. The Kier molecular flexibility index (Phi) is 9.62. The number of thiocarbonyl (C=S) groups is 1. The number of hydrogen-bond donors (Lipinski definition) is 0. The first-order valence-corrected chi connectivity index (χ1v) is 13.0. The van der Waals surface area contributed by atoms with Crippen LogP contribution in [0.4, 0.5) is 0 Å². The van der Waals surface area contributed by atoms with E-state index in [1.807, 2.05) is 24.3 Å². The van der Waals surface area contributed by atoms with Gasteiger partial charge >= 0.3 is 0 Å². The van der Waals surface area contributed by atoms with Crippen LogP contribution >= 0.6 is 24.0 Å². The number of hydrogen-bond acceptors (Lipinski definition) is 6. The van der Waals surface area contributed by atoms with Gasteiger partial charge in [0.15, 0.2) is 11.5 Å². The average Bonchev–Trinajstić information content (AvgIpc) is 3.10. The van der Waals surface area contributed by atoms with Gasteiger partial charge in [-0.3, -0.25) is 14.5 Å². The fraction of sp³-hybridized carbons (Fsp3) is 0.560. The predicted octanol–water partition coefficient (Wildman–Crippen LogP) is 5.26. The van der Waals surface area contributed by atoms with E-state index < -0.39 is 0 Å². The molecule has 0 spiro atoms. The van der Waals surface area contributed by atoms with E-state index >= 15 is 0 Å². The molecule has 2 aliphatic rings. The second-order valence-electron chi connectivity index (χ2n) is 8.40. The van der Waals surface area contributed by atoms with Crippen LogP contribution in [0.25, 0.3) is 6.08 Å². The highest BCUT2D eigenvalue weighted by atomic mass is 32.2. The Labute approximate surface area is 206 Å². The van der Waals surface area contributed by atoms with Gasteiger partial charge in [0, 0.05) is 25.6 Å². The van der Waals surface area contributed by atoms with Crippen molar-refractivity contribution in [1.29, 1.82) is 0 Å². The van der Waals surface area contributed by atoms with Crippen LogP contribution in [0.15, 0.2) is 23.1 Å². The zero-order valence-electron chi connectivity index (χ0n) is 19.8. The van der Waals surface area contributed by atoms with Gasteiger partial charge in [-0.05, 0) is 62.3 Å². The second kappa shape index (κ2) is 12.4. The molecule has 0 aromatic heterocycles. The molecule has 3 rings (SSSR count). The van der Waals surface area contributed by atoms with Crippen LogP contribution in [0.1, 0.15) is 63.9 Å². The lowest BCUT2D eigenvalue weighted by molar-refractivity contribution is -0.135. The number of benzene rings is 1. The molecule has 1 atom stereocenters. The van der Waals surface area contributed by atoms with Crippen molar-refractivity contribution in [2.24, 2.45) is 0 Å². The SMILES string of the molecule is CC[C@H]1CCCCN1C(=O)CCCCCN1C(=O)/C(=C/c2ccc(OC)c(OC)c2)SC1=S. The highest BCUT2D eigenvalue weighted by molar-refractivity contribution is 8.26. The topological polar surface area (TPSA) is 59.1 Å². The van der Waals surface area contributed by atoms with Gasteiger partial charge in [-0.15, -0.1) is 0 Å². The number of amides is 2. The summed E-state index contributed by atoms with van der Waals surface area (Å²) < 4.78 is 11.2.